The Morgan fingerprint density at radius 3 is 2.36 bits per heavy atom. The maximum atomic E-state index is 12.3. The van der Waals surface area contributed by atoms with Gasteiger partial charge in [0, 0.05) is 38.5 Å². The lowest BCUT2D eigenvalue weighted by molar-refractivity contribution is -0.137. The second kappa shape index (κ2) is 6.21. The highest BCUT2D eigenvalue weighted by Crippen LogP contribution is 2.42. The highest BCUT2D eigenvalue weighted by molar-refractivity contribution is 5.78. The molecule has 4 heteroatoms. The van der Waals surface area contributed by atoms with Crippen LogP contribution in [-0.2, 0) is 9.59 Å². The van der Waals surface area contributed by atoms with E-state index in [1.54, 1.807) is 0 Å². The van der Waals surface area contributed by atoms with E-state index in [1.807, 2.05) is 18.7 Å². The summed E-state index contributed by atoms with van der Waals surface area (Å²) in [6.07, 6.45) is 7.64. The smallest absolute Gasteiger partial charge is 0.225 e. The van der Waals surface area contributed by atoms with Gasteiger partial charge in [-0.25, -0.2) is 0 Å². The molecule has 3 rings (SSSR count). The average Bonchev–Trinajstić information content (AvgIpc) is 3.33. The molecule has 0 N–H and O–H groups in total. The monoisotopic (exact) mass is 306 g/mol. The van der Waals surface area contributed by atoms with Crippen molar-refractivity contribution in [3.63, 3.8) is 0 Å². The quantitative estimate of drug-likeness (QED) is 0.804. The number of rotatable bonds is 3. The molecule has 0 atom stereocenters. The van der Waals surface area contributed by atoms with Crippen LogP contribution in [-0.4, -0.2) is 47.8 Å². The van der Waals surface area contributed by atoms with E-state index in [-0.39, 0.29) is 11.8 Å². The van der Waals surface area contributed by atoms with Crippen LogP contribution in [0.25, 0.3) is 0 Å². The van der Waals surface area contributed by atoms with Gasteiger partial charge in [0.1, 0.15) is 0 Å². The Bertz CT molecular complexity index is 434. The summed E-state index contributed by atoms with van der Waals surface area (Å²) in [5, 5.41) is 0. The molecule has 0 aromatic heterocycles. The van der Waals surface area contributed by atoms with Gasteiger partial charge in [0.05, 0.1) is 0 Å². The molecule has 22 heavy (non-hydrogen) atoms. The van der Waals surface area contributed by atoms with Crippen molar-refractivity contribution in [1.82, 2.24) is 9.80 Å². The standard InChI is InChI=1S/C18H30N2O2/c1-14(2)17(22)19-10-7-18(8-11-19)6-5-16(21)20(12-9-18)13-15-3-4-15/h14-15H,3-13H2,1-2H3. The summed E-state index contributed by atoms with van der Waals surface area (Å²) in [5.41, 5.74) is 0.307. The van der Waals surface area contributed by atoms with Crippen LogP contribution in [0.2, 0.25) is 0 Å². The minimum absolute atomic E-state index is 0.0961. The van der Waals surface area contributed by atoms with Gasteiger partial charge in [0.15, 0.2) is 0 Å². The number of amides is 2. The van der Waals surface area contributed by atoms with E-state index in [2.05, 4.69) is 4.90 Å². The van der Waals surface area contributed by atoms with Crippen molar-refractivity contribution in [2.24, 2.45) is 17.3 Å². The number of nitrogens with zero attached hydrogens (tertiary/aromatic N) is 2. The molecular formula is C18H30N2O2. The number of carbonyl (C=O) groups is 2. The van der Waals surface area contributed by atoms with Gasteiger partial charge < -0.3 is 9.80 Å². The lowest BCUT2D eigenvalue weighted by Crippen LogP contribution is -2.45. The van der Waals surface area contributed by atoms with E-state index >= 15 is 0 Å². The zero-order valence-corrected chi connectivity index (χ0v) is 14.1. The largest absolute Gasteiger partial charge is 0.342 e. The lowest BCUT2D eigenvalue weighted by atomic mass is 9.73. The van der Waals surface area contributed by atoms with Crippen LogP contribution in [0.1, 0.15) is 58.8 Å². The molecule has 2 saturated heterocycles. The Kier molecular flexibility index (Phi) is 4.47. The third kappa shape index (κ3) is 3.47. The molecular weight excluding hydrogens is 276 g/mol. The van der Waals surface area contributed by atoms with E-state index in [4.69, 9.17) is 0 Å². The van der Waals surface area contributed by atoms with Crippen molar-refractivity contribution in [2.45, 2.75) is 58.8 Å². The molecule has 0 radical (unpaired) electrons. The van der Waals surface area contributed by atoms with Gasteiger partial charge in [-0.2, -0.15) is 0 Å². The molecule has 2 aliphatic heterocycles. The van der Waals surface area contributed by atoms with Crippen molar-refractivity contribution < 1.29 is 9.59 Å². The Morgan fingerprint density at radius 1 is 1.14 bits per heavy atom. The highest BCUT2D eigenvalue weighted by Gasteiger charge is 2.39. The maximum absolute atomic E-state index is 12.3. The van der Waals surface area contributed by atoms with Gasteiger partial charge in [0.25, 0.3) is 0 Å². The zero-order valence-electron chi connectivity index (χ0n) is 14.1. The Labute approximate surface area is 134 Å². The first-order valence-electron chi connectivity index (χ1n) is 9.06. The van der Waals surface area contributed by atoms with E-state index < -0.39 is 0 Å². The summed E-state index contributed by atoms with van der Waals surface area (Å²) in [6.45, 7) is 7.65. The molecule has 3 fully saturated rings. The lowest BCUT2D eigenvalue weighted by Gasteiger charge is -2.42. The summed E-state index contributed by atoms with van der Waals surface area (Å²) in [7, 11) is 0. The number of carbonyl (C=O) groups excluding carboxylic acids is 2. The summed E-state index contributed by atoms with van der Waals surface area (Å²) in [6, 6.07) is 0. The molecule has 1 saturated carbocycles. The molecule has 124 valence electrons. The van der Waals surface area contributed by atoms with Crippen molar-refractivity contribution in [1.29, 1.82) is 0 Å². The number of hydrogen-bond acceptors (Lipinski definition) is 2. The summed E-state index contributed by atoms with van der Waals surface area (Å²) >= 11 is 0. The molecule has 0 aromatic carbocycles. The molecule has 0 bridgehead atoms. The van der Waals surface area contributed by atoms with Gasteiger partial charge in [-0.15, -0.1) is 0 Å². The summed E-state index contributed by atoms with van der Waals surface area (Å²) < 4.78 is 0. The van der Waals surface area contributed by atoms with Crippen LogP contribution in [0.3, 0.4) is 0 Å². The van der Waals surface area contributed by atoms with Crippen molar-refractivity contribution in [2.75, 3.05) is 26.2 Å². The number of hydrogen-bond donors (Lipinski definition) is 0. The minimum atomic E-state index is 0.0961. The van der Waals surface area contributed by atoms with Gasteiger partial charge in [-0.3, -0.25) is 9.59 Å². The van der Waals surface area contributed by atoms with E-state index in [1.165, 1.54) is 12.8 Å². The van der Waals surface area contributed by atoms with Crippen molar-refractivity contribution in [3.05, 3.63) is 0 Å². The van der Waals surface area contributed by atoms with E-state index in [9.17, 15) is 9.59 Å². The highest BCUT2D eigenvalue weighted by atomic mass is 16.2. The Hall–Kier alpha value is -1.06. The van der Waals surface area contributed by atoms with Crippen LogP contribution in [0.15, 0.2) is 0 Å². The third-order valence-electron chi connectivity index (χ3n) is 5.94. The predicted molar refractivity (Wildman–Crippen MR) is 86.2 cm³/mol. The zero-order chi connectivity index (χ0) is 15.7. The maximum Gasteiger partial charge on any atom is 0.225 e. The third-order valence-corrected chi connectivity index (χ3v) is 5.94. The first kappa shape index (κ1) is 15.8. The second-order valence-corrected chi connectivity index (χ2v) is 8.01. The number of likely N-dealkylation sites (tertiary alicyclic amines) is 2. The normalized spacial score (nSPS) is 25.7. The fraction of sp³-hybridized carbons (Fsp3) is 0.889. The Balaban J connectivity index is 1.56. The van der Waals surface area contributed by atoms with Crippen molar-refractivity contribution >= 4 is 11.8 Å². The van der Waals surface area contributed by atoms with Gasteiger partial charge >= 0.3 is 0 Å². The van der Waals surface area contributed by atoms with E-state index in [0.29, 0.717) is 17.7 Å². The van der Waals surface area contributed by atoms with Crippen LogP contribution in [0.4, 0.5) is 0 Å². The molecule has 1 aliphatic carbocycles. The Morgan fingerprint density at radius 2 is 1.77 bits per heavy atom. The fourth-order valence-corrected chi connectivity index (χ4v) is 4.02. The molecule has 1 spiro atoms. The van der Waals surface area contributed by atoms with E-state index in [0.717, 1.165) is 57.8 Å². The minimum Gasteiger partial charge on any atom is -0.342 e. The van der Waals surface area contributed by atoms with Gasteiger partial charge in [-0.05, 0) is 49.9 Å². The molecule has 0 aromatic rings. The molecule has 2 amide bonds. The molecule has 2 heterocycles. The molecule has 4 nitrogen and oxygen atoms in total. The molecule has 3 aliphatic rings. The average molecular weight is 306 g/mol. The van der Waals surface area contributed by atoms with Gasteiger partial charge in [0.2, 0.25) is 11.8 Å². The van der Waals surface area contributed by atoms with Crippen LogP contribution < -0.4 is 0 Å². The van der Waals surface area contributed by atoms with Crippen LogP contribution in [0, 0.1) is 17.3 Å². The second-order valence-electron chi connectivity index (χ2n) is 8.01. The topological polar surface area (TPSA) is 40.6 Å². The van der Waals surface area contributed by atoms with Gasteiger partial charge in [-0.1, -0.05) is 13.8 Å². The predicted octanol–water partition coefficient (Wildman–Crippen LogP) is 2.67. The molecule has 0 unspecified atom stereocenters. The fourth-order valence-electron chi connectivity index (χ4n) is 4.02. The number of piperidine rings is 1. The summed E-state index contributed by atoms with van der Waals surface area (Å²) in [5.74, 6) is 1.53. The SMILES string of the molecule is CC(C)C(=O)N1CCC2(CCC(=O)N(CC3CC3)CC2)CC1. The first-order valence-corrected chi connectivity index (χ1v) is 9.06. The van der Waals surface area contributed by atoms with Crippen LogP contribution in [0.5, 0.6) is 0 Å². The van der Waals surface area contributed by atoms with Crippen LogP contribution >= 0.6 is 0 Å². The summed E-state index contributed by atoms with van der Waals surface area (Å²) in [4.78, 5) is 28.6. The van der Waals surface area contributed by atoms with Crippen molar-refractivity contribution in [3.8, 4) is 0 Å². The first-order chi connectivity index (χ1) is 10.5.